The topological polar surface area (TPSA) is 69.4 Å². The van der Waals surface area contributed by atoms with Crippen LogP contribution >= 0.6 is 0 Å². The number of hydrogen-bond acceptors (Lipinski definition) is 3. The molecule has 1 aromatic rings. The zero-order valence-corrected chi connectivity index (χ0v) is 10.1. The summed E-state index contributed by atoms with van der Waals surface area (Å²) in [5.74, 6) is -0.770. The fourth-order valence-corrected chi connectivity index (χ4v) is 1.61. The molecule has 0 saturated heterocycles. The molecule has 0 bridgehead atoms. The van der Waals surface area contributed by atoms with E-state index in [1.807, 2.05) is 32.9 Å². The molecule has 90 valence electrons. The predicted molar refractivity (Wildman–Crippen MR) is 64.6 cm³/mol. The van der Waals surface area contributed by atoms with Crippen LogP contribution in [0.4, 0.5) is 0 Å². The van der Waals surface area contributed by atoms with Gasteiger partial charge in [-0.1, -0.05) is 17.7 Å². The monoisotopic (exact) mass is 233 g/mol. The van der Waals surface area contributed by atoms with Gasteiger partial charge in [0.1, 0.15) is 5.75 Å². The van der Waals surface area contributed by atoms with E-state index in [0.29, 0.717) is 5.75 Å². The van der Waals surface area contributed by atoms with Crippen molar-refractivity contribution >= 4 is 11.9 Å². The molecule has 1 amide bonds. The Bertz CT molecular complexity index is 466. The molecule has 0 heterocycles. The lowest BCUT2D eigenvalue weighted by Gasteiger charge is -2.10. The molecular formula is C13H15NO3. The zero-order chi connectivity index (χ0) is 13.0. The van der Waals surface area contributed by atoms with Gasteiger partial charge in [-0.15, -0.1) is 0 Å². The lowest BCUT2D eigenvalue weighted by molar-refractivity contribution is -0.129. The van der Waals surface area contributed by atoms with Crippen LogP contribution in [0.25, 0.3) is 0 Å². The fourth-order valence-electron chi connectivity index (χ4n) is 1.61. The van der Waals surface area contributed by atoms with Crippen molar-refractivity contribution in [1.82, 2.24) is 0 Å². The van der Waals surface area contributed by atoms with Crippen LogP contribution in [-0.4, -0.2) is 11.9 Å². The highest BCUT2D eigenvalue weighted by Crippen LogP contribution is 2.24. The molecule has 0 aliphatic rings. The Morgan fingerprint density at radius 2 is 1.65 bits per heavy atom. The third-order valence-electron chi connectivity index (χ3n) is 2.19. The van der Waals surface area contributed by atoms with E-state index in [-0.39, 0.29) is 0 Å². The van der Waals surface area contributed by atoms with Crippen molar-refractivity contribution in [2.75, 3.05) is 0 Å². The summed E-state index contributed by atoms with van der Waals surface area (Å²) in [6.45, 7) is 5.69. The molecule has 1 rings (SSSR count). The zero-order valence-electron chi connectivity index (χ0n) is 10.1. The van der Waals surface area contributed by atoms with E-state index in [4.69, 9.17) is 10.5 Å². The fraction of sp³-hybridized carbons (Fsp3) is 0.231. The van der Waals surface area contributed by atoms with E-state index in [2.05, 4.69) is 0 Å². The summed E-state index contributed by atoms with van der Waals surface area (Å²) in [5, 5.41) is 0. The van der Waals surface area contributed by atoms with Gasteiger partial charge >= 0.3 is 5.97 Å². The predicted octanol–water partition coefficient (Wildman–Crippen LogP) is 1.56. The smallest absolute Gasteiger partial charge is 0.336 e. The molecule has 0 aliphatic heterocycles. The lowest BCUT2D eigenvalue weighted by Crippen LogP contribution is -2.10. The summed E-state index contributed by atoms with van der Waals surface area (Å²) in [6, 6.07) is 3.85. The van der Waals surface area contributed by atoms with Gasteiger partial charge in [0.2, 0.25) is 5.91 Å². The molecule has 4 nitrogen and oxygen atoms in total. The minimum atomic E-state index is -0.681. The summed E-state index contributed by atoms with van der Waals surface area (Å²) in [4.78, 5) is 21.9. The maximum atomic E-state index is 11.4. The largest absolute Gasteiger partial charge is 0.423 e. The SMILES string of the molecule is Cc1cc(C)c(OC(=O)C=CC(N)=O)c(C)c1. The van der Waals surface area contributed by atoms with Crippen molar-refractivity contribution < 1.29 is 14.3 Å². The van der Waals surface area contributed by atoms with E-state index in [0.717, 1.165) is 28.8 Å². The first kappa shape index (κ1) is 13.0. The molecule has 0 spiro atoms. The molecule has 17 heavy (non-hydrogen) atoms. The van der Waals surface area contributed by atoms with Crippen molar-refractivity contribution in [3.05, 3.63) is 41.0 Å². The summed E-state index contributed by atoms with van der Waals surface area (Å²) >= 11 is 0. The van der Waals surface area contributed by atoms with Crippen molar-refractivity contribution in [3.8, 4) is 5.75 Å². The second kappa shape index (κ2) is 5.30. The van der Waals surface area contributed by atoms with Crippen molar-refractivity contribution in [2.45, 2.75) is 20.8 Å². The number of aryl methyl sites for hydroxylation is 3. The Balaban J connectivity index is 2.89. The molecule has 2 N–H and O–H groups in total. The average Bonchev–Trinajstić information content (AvgIpc) is 2.20. The Morgan fingerprint density at radius 1 is 1.12 bits per heavy atom. The van der Waals surface area contributed by atoms with Gasteiger partial charge in [0.15, 0.2) is 0 Å². The summed E-state index contributed by atoms with van der Waals surface area (Å²) < 4.78 is 5.15. The highest BCUT2D eigenvalue weighted by molar-refractivity contribution is 5.94. The second-order valence-electron chi connectivity index (χ2n) is 3.88. The van der Waals surface area contributed by atoms with Gasteiger partial charge in [-0.2, -0.15) is 0 Å². The number of carbonyl (C=O) groups excluding carboxylic acids is 2. The molecule has 0 aliphatic carbocycles. The maximum Gasteiger partial charge on any atom is 0.336 e. The molecule has 4 heteroatoms. The molecule has 0 aromatic heterocycles. The minimum absolute atomic E-state index is 0.523. The number of benzene rings is 1. The van der Waals surface area contributed by atoms with E-state index < -0.39 is 11.9 Å². The van der Waals surface area contributed by atoms with Crippen molar-refractivity contribution in [2.24, 2.45) is 5.73 Å². The van der Waals surface area contributed by atoms with Gasteiger partial charge in [-0.25, -0.2) is 4.79 Å². The van der Waals surface area contributed by atoms with E-state index in [9.17, 15) is 9.59 Å². The normalized spacial score (nSPS) is 10.5. The van der Waals surface area contributed by atoms with Crippen LogP contribution < -0.4 is 10.5 Å². The summed E-state index contributed by atoms with van der Waals surface area (Å²) in [5.41, 5.74) is 7.74. The number of rotatable bonds is 3. The number of carbonyl (C=O) groups is 2. The Hall–Kier alpha value is -2.10. The van der Waals surface area contributed by atoms with Crippen LogP contribution in [-0.2, 0) is 9.59 Å². The molecule has 0 saturated carbocycles. The maximum absolute atomic E-state index is 11.4. The van der Waals surface area contributed by atoms with Crippen molar-refractivity contribution in [1.29, 1.82) is 0 Å². The molecule has 0 unspecified atom stereocenters. The van der Waals surface area contributed by atoms with Crippen LogP contribution in [0.5, 0.6) is 5.75 Å². The highest BCUT2D eigenvalue weighted by atomic mass is 16.5. The molecular weight excluding hydrogens is 218 g/mol. The van der Waals surface area contributed by atoms with Crippen molar-refractivity contribution in [3.63, 3.8) is 0 Å². The van der Waals surface area contributed by atoms with E-state index in [1.54, 1.807) is 0 Å². The van der Waals surface area contributed by atoms with Gasteiger partial charge in [0, 0.05) is 12.2 Å². The van der Waals surface area contributed by atoms with Crippen LogP contribution in [0.1, 0.15) is 16.7 Å². The van der Waals surface area contributed by atoms with E-state index >= 15 is 0 Å². The number of primary amides is 1. The van der Waals surface area contributed by atoms with Crippen LogP contribution in [0.2, 0.25) is 0 Å². The number of nitrogens with two attached hydrogens (primary N) is 1. The Labute approximate surface area is 100 Å². The molecule has 0 fully saturated rings. The van der Waals surface area contributed by atoms with Crippen LogP contribution in [0.3, 0.4) is 0 Å². The number of esters is 1. The number of amides is 1. The first-order valence-electron chi connectivity index (χ1n) is 5.17. The van der Waals surface area contributed by atoms with Gasteiger partial charge in [0.05, 0.1) is 0 Å². The Morgan fingerprint density at radius 3 is 2.12 bits per heavy atom. The van der Waals surface area contributed by atoms with Gasteiger partial charge in [-0.3, -0.25) is 4.79 Å². The standard InChI is InChI=1S/C13H15NO3/c1-8-6-9(2)13(10(3)7-8)17-12(16)5-4-11(14)15/h4-7H,1-3H3,(H2,14,15). The number of ether oxygens (including phenoxy) is 1. The summed E-state index contributed by atoms with van der Waals surface area (Å²) in [6.07, 6.45) is 1.99. The molecule has 1 aromatic carbocycles. The third kappa shape index (κ3) is 3.75. The van der Waals surface area contributed by atoms with Crippen LogP contribution in [0, 0.1) is 20.8 Å². The molecule has 0 radical (unpaired) electrons. The lowest BCUT2D eigenvalue weighted by atomic mass is 10.1. The summed E-state index contributed by atoms with van der Waals surface area (Å²) in [7, 11) is 0. The van der Waals surface area contributed by atoms with Gasteiger partial charge in [0.25, 0.3) is 0 Å². The molecule has 0 atom stereocenters. The Kier molecular flexibility index (Phi) is 4.04. The van der Waals surface area contributed by atoms with Crippen LogP contribution in [0.15, 0.2) is 24.3 Å². The third-order valence-corrected chi connectivity index (χ3v) is 2.19. The van der Waals surface area contributed by atoms with Gasteiger partial charge in [-0.05, 0) is 31.9 Å². The first-order chi connectivity index (χ1) is 7.90. The quantitative estimate of drug-likeness (QED) is 0.489. The first-order valence-corrected chi connectivity index (χ1v) is 5.17. The van der Waals surface area contributed by atoms with Gasteiger partial charge < -0.3 is 10.5 Å². The average molecular weight is 233 g/mol. The number of hydrogen-bond donors (Lipinski definition) is 1. The second-order valence-corrected chi connectivity index (χ2v) is 3.88. The highest BCUT2D eigenvalue weighted by Gasteiger charge is 2.08. The minimum Gasteiger partial charge on any atom is -0.423 e. The van der Waals surface area contributed by atoms with E-state index in [1.165, 1.54) is 0 Å².